The maximum absolute atomic E-state index is 6.16. The van der Waals surface area contributed by atoms with Crippen LogP contribution in [0, 0.1) is 6.92 Å². The zero-order valence-electron chi connectivity index (χ0n) is 11.6. The average molecular weight is 248 g/mol. The standard InChI is InChI=1S/C15H24N2O/c1-11-7-8-15(18-3)12(9-11)10-17(2)14-6-4-5-13(14)16/h7-9,13-14H,4-6,10,16H2,1-3H3. The van der Waals surface area contributed by atoms with Crippen molar-refractivity contribution in [1.29, 1.82) is 0 Å². The summed E-state index contributed by atoms with van der Waals surface area (Å²) in [6.45, 7) is 3.02. The second-order valence-corrected chi connectivity index (χ2v) is 5.39. The minimum atomic E-state index is 0.325. The van der Waals surface area contributed by atoms with Crippen molar-refractivity contribution >= 4 is 0 Å². The molecule has 0 aromatic heterocycles. The SMILES string of the molecule is COc1ccc(C)cc1CN(C)C1CCCC1N. The van der Waals surface area contributed by atoms with Gasteiger partial charge in [-0.05, 0) is 32.9 Å². The first-order chi connectivity index (χ1) is 8.61. The van der Waals surface area contributed by atoms with Crippen LogP contribution >= 0.6 is 0 Å². The lowest BCUT2D eigenvalue weighted by Crippen LogP contribution is -2.41. The first-order valence-electron chi connectivity index (χ1n) is 6.71. The van der Waals surface area contributed by atoms with E-state index in [1.807, 2.05) is 6.07 Å². The maximum Gasteiger partial charge on any atom is 0.123 e. The lowest BCUT2D eigenvalue weighted by atomic mass is 10.1. The largest absolute Gasteiger partial charge is 0.496 e. The zero-order valence-corrected chi connectivity index (χ0v) is 11.6. The molecule has 3 heteroatoms. The lowest BCUT2D eigenvalue weighted by Gasteiger charge is -2.28. The number of methoxy groups -OCH3 is 1. The number of benzene rings is 1. The van der Waals surface area contributed by atoms with Crippen LogP contribution in [0.25, 0.3) is 0 Å². The molecule has 0 aliphatic heterocycles. The number of nitrogens with zero attached hydrogens (tertiary/aromatic N) is 1. The first kappa shape index (κ1) is 13.4. The number of likely N-dealkylation sites (N-methyl/N-ethyl adjacent to an activating group) is 1. The van der Waals surface area contributed by atoms with Crippen LogP contribution in [0.2, 0.25) is 0 Å². The van der Waals surface area contributed by atoms with Crippen molar-refractivity contribution in [3.8, 4) is 5.75 Å². The molecule has 1 aliphatic rings. The lowest BCUT2D eigenvalue weighted by molar-refractivity contribution is 0.218. The van der Waals surface area contributed by atoms with Crippen LogP contribution < -0.4 is 10.5 Å². The molecule has 2 rings (SSSR count). The molecule has 18 heavy (non-hydrogen) atoms. The fraction of sp³-hybridized carbons (Fsp3) is 0.600. The molecule has 0 saturated heterocycles. The van der Waals surface area contributed by atoms with Crippen LogP contribution in [0.3, 0.4) is 0 Å². The molecule has 1 aromatic rings. The van der Waals surface area contributed by atoms with Crippen LogP contribution in [-0.4, -0.2) is 31.1 Å². The van der Waals surface area contributed by atoms with Gasteiger partial charge in [0.05, 0.1) is 7.11 Å². The highest BCUT2D eigenvalue weighted by molar-refractivity contribution is 5.36. The number of ether oxygens (including phenoxy) is 1. The molecule has 1 aliphatic carbocycles. The van der Waals surface area contributed by atoms with Gasteiger partial charge in [-0.25, -0.2) is 0 Å². The van der Waals surface area contributed by atoms with Gasteiger partial charge in [0, 0.05) is 24.2 Å². The summed E-state index contributed by atoms with van der Waals surface area (Å²) >= 11 is 0. The number of hydrogen-bond acceptors (Lipinski definition) is 3. The van der Waals surface area contributed by atoms with Crippen molar-refractivity contribution in [3.05, 3.63) is 29.3 Å². The van der Waals surface area contributed by atoms with Gasteiger partial charge in [0.25, 0.3) is 0 Å². The summed E-state index contributed by atoms with van der Waals surface area (Å²) in [5, 5.41) is 0. The Bertz CT molecular complexity index is 405. The van der Waals surface area contributed by atoms with E-state index >= 15 is 0 Å². The highest BCUT2D eigenvalue weighted by Gasteiger charge is 2.27. The van der Waals surface area contributed by atoms with Gasteiger partial charge in [0.2, 0.25) is 0 Å². The smallest absolute Gasteiger partial charge is 0.123 e. The summed E-state index contributed by atoms with van der Waals surface area (Å²) in [5.74, 6) is 0.971. The van der Waals surface area contributed by atoms with Gasteiger partial charge in [-0.3, -0.25) is 4.90 Å². The quantitative estimate of drug-likeness (QED) is 0.888. The van der Waals surface area contributed by atoms with Gasteiger partial charge in [0.15, 0.2) is 0 Å². The Hall–Kier alpha value is -1.06. The Balaban J connectivity index is 2.10. The van der Waals surface area contributed by atoms with Gasteiger partial charge in [0.1, 0.15) is 5.75 Å². The summed E-state index contributed by atoms with van der Waals surface area (Å²) < 4.78 is 5.43. The maximum atomic E-state index is 6.16. The van der Waals surface area contributed by atoms with Crippen LogP contribution in [-0.2, 0) is 6.54 Å². The van der Waals surface area contributed by atoms with E-state index in [2.05, 4.69) is 31.0 Å². The first-order valence-corrected chi connectivity index (χ1v) is 6.71. The molecule has 0 bridgehead atoms. The number of rotatable bonds is 4. The molecule has 0 radical (unpaired) electrons. The second kappa shape index (κ2) is 5.72. The second-order valence-electron chi connectivity index (χ2n) is 5.39. The minimum Gasteiger partial charge on any atom is -0.496 e. The Morgan fingerprint density at radius 2 is 2.17 bits per heavy atom. The third kappa shape index (κ3) is 2.85. The van der Waals surface area contributed by atoms with E-state index in [0.29, 0.717) is 12.1 Å². The topological polar surface area (TPSA) is 38.5 Å². The van der Waals surface area contributed by atoms with Crippen molar-refractivity contribution in [3.63, 3.8) is 0 Å². The summed E-state index contributed by atoms with van der Waals surface area (Å²) in [7, 11) is 3.90. The molecule has 100 valence electrons. The summed E-state index contributed by atoms with van der Waals surface area (Å²) in [4.78, 5) is 2.37. The summed E-state index contributed by atoms with van der Waals surface area (Å²) in [6.07, 6.45) is 3.62. The van der Waals surface area contributed by atoms with E-state index in [0.717, 1.165) is 18.7 Å². The summed E-state index contributed by atoms with van der Waals surface area (Å²) in [6, 6.07) is 7.17. The minimum absolute atomic E-state index is 0.325. The molecule has 2 N–H and O–H groups in total. The summed E-state index contributed by atoms with van der Waals surface area (Å²) in [5.41, 5.74) is 8.68. The fourth-order valence-corrected chi connectivity index (χ4v) is 2.93. The van der Waals surface area contributed by atoms with Crippen LogP contribution in [0.15, 0.2) is 18.2 Å². The predicted molar refractivity (Wildman–Crippen MR) is 74.8 cm³/mol. The molecule has 0 amide bonds. The van der Waals surface area contributed by atoms with E-state index in [9.17, 15) is 0 Å². The molecule has 2 atom stereocenters. The zero-order chi connectivity index (χ0) is 13.1. The molecular weight excluding hydrogens is 224 g/mol. The van der Waals surface area contributed by atoms with Crippen molar-refractivity contribution < 1.29 is 4.74 Å². The molecule has 0 spiro atoms. The van der Waals surface area contributed by atoms with Crippen molar-refractivity contribution in [2.24, 2.45) is 5.73 Å². The average Bonchev–Trinajstić information content (AvgIpc) is 2.76. The van der Waals surface area contributed by atoms with Crippen molar-refractivity contribution in [2.75, 3.05) is 14.2 Å². The highest BCUT2D eigenvalue weighted by Crippen LogP contribution is 2.26. The molecule has 2 unspecified atom stereocenters. The number of hydrogen-bond donors (Lipinski definition) is 1. The molecule has 0 heterocycles. The Labute approximate surface area is 110 Å². The van der Waals surface area contributed by atoms with Crippen LogP contribution in [0.4, 0.5) is 0 Å². The predicted octanol–water partition coefficient (Wildman–Crippen LogP) is 2.32. The third-order valence-electron chi connectivity index (χ3n) is 3.95. The van der Waals surface area contributed by atoms with E-state index in [1.54, 1.807) is 7.11 Å². The van der Waals surface area contributed by atoms with E-state index in [1.165, 1.54) is 24.0 Å². The Kier molecular flexibility index (Phi) is 4.25. The molecule has 1 fully saturated rings. The normalized spacial score (nSPS) is 23.6. The van der Waals surface area contributed by atoms with Gasteiger partial charge >= 0.3 is 0 Å². The van der Waals surface area contributed by atoms with E-state index < -0.39 is 0 Å². The monoisotopic (exact) mass is 248 g/mol. The molecule has 1 aromatic carbocycles. The van der Waals surface area contributed by atoms with Gasteiger partial charge < -0.3 is 10.5 Å². The Morgan fingerprint density at radius 3 is 2.78 bits per heavy atom. The van der Waals surface area contributed by atoms with Crippen molar-refractivity contribution in [1.82, 2.24) is 4.90 Å². The molecular formula is C15H24N2O. The van der Waals surface area contributed by atoms with Gasteiger partial charge in [-0.15, -0.1) is 0 Å². The Morgan fingerprint density at radius 1 is 1.39 bits per heavy atom. The third-order valence-corrected chi connectivity index (χ3v) is 3.95. The van der Waals surface area contributed by atoms with Crippen LogP contribution in [0.1, 0.15) is 30.4 Å². The number of aryl methyl sites for hydroxylation is 1. The highest BCUT2D eigenvalue weighted by atomic mass is 16.5. The molecule has 3 nitrogen and oxygen atoms in total. The van der Waals surface area contributed by atoms with Crippen LogP contribution in [0.5, 0.6) is 5.75 Å². The molecule has 1 saturated carbocycles. The number of nitrogens with two attached hydrogens (primary N) is 1. The van der Waals surface area contributed by atoms with Gasteiger partial charge in [-0.1, -0.05) is 24.1 Å². The van der Waals surface area contributed by atoms with E-state index in [4.69, 9.17) is 10.5 Å². The van der Waals surface area contributed by atoms with E-state index in [-0.39, 0.29) is 0 Å². The van der Waals surface area contributed by atoms with Gasteiger partial charge in [-0.2, -0.15) is 0 Å². The van der Waals surface area contributed by atoms with Crippen molar-refractivity contribution in [2.45, 2.75) is 44.8 Å². The fourth-order valence-electron chi connectivity index (χ4n) is 2.93.